The summed E-state index contributed by atoms with van der Waals surface area (Å²) in [6.07, 6.45) is 1.16. The molecule has 0 aliphatic carbocycles. The largest absolute Gasteiger partial charge is 0.481 e. The normalized spacial score (nSPS) is 21.6. The Balaban J connectivity index is 2.75. The van der Waals surface area contributed by atoms with Crippen molar-refractivity contribution in [3.05, 3.63) is 0 Å². The number of ether oxygens (including phenoxy) is 1. The van der Waals surface area contributed by atoms with Crippen molar-refractivity contribution in [1.29, 1.82) is 0 Å². The molecule has 2 amide bonds. The lowest BCUT2D eigenvalue weighted by atomic mass is 10.0. The van der Waals surface area contributed by atoms with Crippen LogP contribution in [-0.2, 0) is 14.3 Å². The van der Waals surface area contributed by atoms with Gasteiger partial charge in [-0.1, -0.05) is 6.92 Å². The van der Waals surface area contributed by atoms with Gasteiger partial charge in [0.2, 0.25) is 0 Å². The Morgan fingerprint density at radius 3 is 2.50 bits per heavy atom. The van der Waals surface area contributed by atoms with E-state index in [9.17, 15) is 14.4 Å². The maximum absolute atomic E-state index is 12.4. The van der Waals surface area contributed by atoms with Gasteiger partial charge in [-0.2, -0.15) is 0 Å². The molecule has 0 bridgehead atoms. The third-order valence-electron chi connectivity index (χ3n) is 3.63. The molecule has 7 heteroatoms. The van der Waals surface area contributed by atoms with Crippen molar-refractivity contribution >= 4 is 18.0 Å². The number of rotatable bonds is 5. The van der Waals surface area contributed by atoms with E-state index in [4.69, 9.17) is 5.11 Å². The van der Waals surface area contributed by atoms with E-state index in [0.29, 0.717) is 25.9 Å². The number of carboxylic acids is 1. The Labute approximate surface area is 118 Å². The summed E-state index contributed by atoms with van der Waals surface area (Å²) in [5.74, 6) is -1.91. The average Bonchev–Trinajstić information content (AvgIpc) is 2.79. The molecule has 1 saturated heterocycles. The van der Waals surface area contributed by atoms with Gasteiger partial charge in [-0.05, 0) is 19.8 Å². The molecule has 1 fully saturated rings. The number of carbonyl (C=O) groups is 3. The summed E-state index contributed by atoms with van der Waals surface area (Å²) in [4.78, 5) is 37.8. The van der Waals surface area contributed by atoms with E-state index in [1.807, 2.05) is 6.92 Å². The third kappa shape index (κ3) is 3.61. The Morgan fingerprint density at radius 1 is 1.40 bits per heavy atom. The van der Waals surface area contributed by atoms with Crippen LogP contribution in [0, 0.1) is 5.92 Å². The van der Waals surface area contributed by atoms with E-state index in [1.165, 1.54) is 16.9 Å². The Kier molecular flexibility index (Phi) is 5.79. The van der Waals surface area contributed by atoms with E-state index >= 15 is 0 Å². The number of hydrogen-bond acceptors (Lipinski definition) is 4. The summed E-state index contributed by atoms with van der Waals surface area (Å²) < 4.78 is 4.58. The third-order valence-corrected chi connectivity index (χ3v) is 3.63. The molecule has 1 rings (SSSR count). The molecule has 0 aromatic rings. The van der Waals surface area contributed by atoms with E-state index in [-0.39, 0.29) is 18.6 Å². The van der Waals surface area contributed by atoms with Crippen LogP contribution >= 0.6 is 0 Å². The second-order valence-corrected chi connectivity index (χ2v) is 4.95. The first-order valence-electron chi connectivity index (χ1n) is 6.77. The van der Waals surface area contributed by atoms with Crippen molar-refractivity contribution in [2.45, 2.75) is 32.7 Å². The SMILES string of the molecule is CCCN(CC(=O)OC)C(=O)N1CCC(C(=O)O)C1C. The maximum Gasteiger partial charge on any atom is 0.325 e. The number of methoxy groups -OCH3 is 1. The molecule has 2 atom stereocenters. The average molecular weight is 286 g/mol. The topological polar surface area (TPSA) is 87.2 Å². The molecule has 1 aliphatic heterocycles. The first-order valence-corrected chi connectivity index (χ1v) is 6.77. The highest BCUT2D eigenvalue weighted by atomic mass is 16.5. The molecular weight excluding hydrogens is 264 g/mol. The Morgan fingerprint density at radius 2 is 2.05 bits per heavy atom. The van der Waals surface area contributed by atoms with Gasteiger partial charge in [0.25, 0.3) is 0 Å². The smallest absolute Gasteiger partial charge is 0.325 e. The standard InChI is InChI=1S/C13H22N2O5/c1-4-6-14(8-11(16)20-3)13(19)15-7-5-10(9(15)2)12(17)18/h9-10H,4-8H2,1-3H3,(H,17,18). The molecule has 0 aromatic heterocycles. The molecule has 0 saturated carbocycles. The minimum atomic E-state index is -0.886. The fourth-order valence-electron chi connectivity index (χ4n) is 2.45. The quantitative estimate of drug-likeness (QED) is 0.755. The zero-order valence-electron chi connectivity index (χ0n) is 12.2. The van der Waals surface area contributed by atoms with Crippen molar-refractivity contribution in [2.75, 3.05) is 26.7 Å². The van der Waals surface area contributed by atoms with Gasteiger partial charge in [-0.15, -0.1) is 0 Å². The molecular formula is C13H22N2O5. The lowest BCUT2D eigenvalue weighted by molar-refractivity contribution is -0.143. The van der Waals surface area contributed by atoms with Crippen LogP contribution in [0.3, 0.4) is 0 Å². The summed E-state index contributed by atoms with van der Waals surface area (Å²) in [6.45, 7) is 4.37. The molecule has 1 N–H and O–H groups in total. The maximum atomic E-state index is 12.4. The molecule has 0 spiro atoms. The van der Waals surface area contributed by atoms with Gasteiger partial charge >= 0.3 is 18.0 Å². The monoisotopic (exact) mass is 286 g/mol. The number of urea groups is 1. The number of likely N-dealkylation sites (tertiary alicyclic amines) is 1. The highest BCUT2D eigenvalue weighted by Gasteiger charge is 2.39. The van der Waals surface area contributed by atoms with Crippen LogP contribution in [0.15, 0.2) is 0 Å². The van der Waals surface area contributed by atoms with Crippen LogP contribution in [0.2, 0.25) is 0 Å². The molecule has 2 unspecified atom stereocenters. The molecule has 20 heavy (non-hydrogen) atoms. The Hall–Kier alpha value is -1.79. The van der Waals surface area contributed by atoms with Crippen LogP contribution in [0.25, 0.3) is 0 Å². The lowest BCUT2D eigenvalue weighted by Gasteiger charge is -2.30. The summed E-state index contributed by atoms with van der Waals surface area (Å²) in [6, 6.07) is -0.662. The van der Waals surface area contributed by atoms with Crippen molar-refractivity contribution < 1.29 is 24.2 Å². The zero-order chi connectivity index (χ0) is 15.3. The van der Waals surface area contributed by atoms with Crippen molar-refractivity contribution in [1.82, 2.24) is 9.80 Å². The molecule has 0 aromatic carbocycles. The number of amides is 2. The van der Waals surface area contributed by atoms with E-state index in [0.717, 1.165) is 0 Å². The van der Waals surface area contributed by atoms with E-state index < -0.39 is 17.9 Å². The number of hydrogen-bond donors (Lipinski definition) is 1. The van der Waals surface area contributed by atoms with Crippen LogP contribution in [0.1, 0.15) is 26.7 Å². The van der Waals surface area contributed by atoms with Crippen molar-refractivity contribution in [2.24, 2.45) is 5.92 Å². The van der Waals surface area contributed by atoms with Gasteiger partial charge < -0.3 is 19.6 Å². The van der Waals surface area contributed by atoms with Crippen molar-refractivity contribution in [3.8, 4) is 0 Å². The van der Waals surface area contributed by atoms with Gasteiger partial charge in [0.1, 0.15) is 6.54 Å². The number of carboxylic acid groups (broad SMARTS) is 1. The molecule has 1 aliphatic rings. The zero-order valence-corrected chi connectivity index (χ0v) is 12.2. The van der Waals surface area contributed by atoms with E-state index in [1.54, 1.807) is 6.92 Å². The highest BCUT2D eigenvalue weighted by molar-refractivity contribution is 5.82. The van der Waals surface area contributed by atoms with Gasteiger partial charge in [0.05, 0.1) is 13.0 Å². The fourth-order valence-corrected chi connectivity index (χ4v) is 2.45. The minimum absolute atomic E-state index is 0.107. The van der Waals surface area contributed by atoms with Gasteiger partial charge in [0.15, 0.2) is 0 Å². The predicted molar refractivity (Wildman–Crippen MR) is 71.2 cm³/mol. The summed E-state index contributed by atoms with van der Waals surface area (Å²) in [5, 5.41) is 9.08. The van der Waals surface area contributed by atoms with Gasteiger partial charge in [-0.25, -0.2) is 4.79 Å². The summed E-state index contributed by atoms with van der Waals surface area (Å²) in [5.41, 5.74) is 0. The van der Waals surface area contributed by atoms with Crippen LogP contribution in [0.4, 0.5) is 4.79 Å². The number of esters is 1. The number of aliphatic carboxylic acids is 1. The first kappa shape index (κ1) is 16.3. The van der Waals surface area contributed by atoms with Crippen LogP contribution in [0.5, 0.6) is 0 Å². The molecule has 7 nitrogen and oxygen atoms in total. The van der Waals surface area contributed by atoms with Crippen LogP contribution in [-0.4, -0.2) is 65.7 Å². The molecule has 1 heterocycles. The molecule has 114 valence electrons. The summed E-state index contributed by atoms with van der Waals surface area (Å²) in [7, 11) is 1.27. The lowest BCUT2D eigenvalue weighted by Crippen LogP contribution is -2.48. The highest BCUT2D eigenvalue weighted by Crippen LogP contribution is 2.25. The Bertz CT molecular complexity index is 385. The summed E-state index contributed by atoms with van der Waals surface area (Å²) >= 11 is 0. The number of nitrogens with zero attached hydrogens (tertiary/aromatic N) is 2. The second-order valence-electron chi connectivity index (χ2n) is 4.95. The first-order chi connectivity index (χ1) is 9.42. The minimum Gasteiger partial charge on any atom is -0.481 e. The van der Waals surface area contributed by atoms with Gasteiger partial charge in [0, 0.05) is 19.1 Å². The molecule has 0 radical (unpaired) electrons. The van der Waals surface area contributed by atoms with Crippen LogP contribution < -0.4 is 0 Å². The fraction of sp³-hybridized carbons (Fsp3) is 0.769. The van der Waals surface area contributed by atoms with E-state index in [2.05, 4.69) is 4.74 Å². The van der Waals surface area contributed by atoms with Gasteiger partial charge in [-0.3, -0.25) is 9.59 Å². The predicted octanol–water partition coefficient (Wildman–Crippen LogP) is 0.786. The second kappa shape index (κ2) is 7.12. The number of carbonyl (C=O) groups excluding carboxylic acids is 2. The van der Waals surface area contributed by atoms with Crippen molar-refractivity contribution in [3.63, 3.8) is 0 Å².